The smallest absolute Gasteiger partial charge is 0.220 e. The fourth-order valence-electron chi connectivity index (χ4n) is 10.9. The average Bonchev–Trinajstić information content (AvgIpc) is 3.40. The fraction of sp³-hybridized carbons (Fsp3) is 0.900. The number of aliphatic hydroxyl groups is 2. The number of carbonyl (C=O) groups excluding carboxylic acids is 1. The number of allylic oxidation sites excluding steroid dienone is 5. The number of nitrogens with one attached hydrogen (secondary N) is 1. The highest BCUT2D eigenvalue weighted by Gasteiger charge is 2.18. The number of carbonyl (C=O) groups is 1. The van der Waals surface area contributed by atoms with Gasteiger partial charge in [-0.25, -0.2) is 0 Å². The normalized spacial score (nSPS) is 12.9. The van der Waals surface area contributed by atoms with Gasteiger partial charge in [0.1, 0.15) is 0 Å². The van der Waals surface area contributed by atoms with Crippen molar-refractivity contribution in [1.29, 1.82) is 0 Å². The van der Waals surface area contributed by atoms with E-state index in [4.69, 9.17) is 0 Å². The minimum Gasteiger partial charge on any atom is -0.394 e. The van der Waals surface area contributed by atoms with Crippen LogP contribution in [0.3, 0.4) is 0 Å². The molecule has 0 aromatic rings. The van der Waals surface area contributed by atoms with Gasteiger partial charge in [0.25, 0.3) is 0 Å². The fourth-order valence-corrected chi connectivity index (χ4v) is 10.9. The van der Waals surface area contributed by atoms with Gasteiger partial charge in [0.15, 0.2) is 0 Å². The first-order chi connectivity index (χ1) is 36.7. The predicted molar refractivity (Wildman–Crippen MR) is 332 cm³/mol. The quantitative estimate of drug-likeness (QED) is 0.0420. The summed E-state index contributed by atoms with van der Waals surface area (Å²) in [5.41, 5.74) is 0. The van der Waals surface area contributed by atoms with E-state index in [1.807, 2.05) is 6.08 Å². The van der Waals surface area contributed by atoms with Crippen LogP contribution in [0.4, 0.5) is 0 Å². The molecule has 0 spiro atoms. The molecule has 2 unspecified atom stereocenters. The first-order valence-corrected chi connectivity index (χ1v) is 34.2. The van der Waals surface area contributed by atoms with Gasteiger partial charge in [-0.3, -0.25) is 4.79 Å². The molecule has 3 N–H and O–H groups in total. The SMILES string of the molecule is CCCCCCCCCCCCCCCCCCCCCCCC/C=C/CC/C=C/CC/C=C/C(O)C(CO)NC(=O)CCCCCCCCCCCCCCCCCCCCCCCCCCCCCCCC. The van der Waals surface area contributed by atoms with E-state index in [1.165, 1.54) is 327 Å². The second kappa shape index (κ2) is 65.9. The maximum atomic E-state index is 12.5. The van der Waals surface area contributed by atoms with Crippen molar-refractivity contribution in [2.24, 2.45) is 0 Å². The number of aliphatic hydroxyl groups excluding tert-OH is 2. The summed E-state index contributed by atoms with van der Waals surface area (Å²) in [6.07, 6.45) is 90.9. The van der Waals surface area contributed by atoms with Gasteiger partial charge in [-0.1, -0.05) is 371 Å². The molecule has 0 saturated carbocycles. The summed E-state index contributed by atoms with van der Waals surface area (Å²) in [6.45, 7) is 4.35. The van der Waals surface area contributed by atoms with Gasteiger partial charge in [0.05, 0.1) is 18.8 Å². The zero-order chi connectivity index (χ0) is 53.4. The molecule has 4 nitrogen and oxygen atoms in total. The van der Waals surface area contributed by atoms with Crippen molar-refractivity contribution in [3.05, 3.63) is 36.5 Å². The second-order valence-corrected chi connectivity index (χ2v) is 23.6. The highest BCUT2D eigenvalue weighted by molar-refractivity contribution is 5.76. The Kier molecular flexibility index (Phi) is 64.7. The third-order valence-electron chi connectivity index (χ3n) is 16.1. The van der Waals surface area contributed by atoms with Gasteiger partial charge in [-0.15, -0.1) is 0 Å². The molecule has 0 saturated heterocycles. The number of unbranched alkanes of at least 4 members (excludes halogenated alkanes) is 53. The van der Waals surface area contributed by atoms with Crippen molar-refractivity contribution in [2.75, 3.05) is 6.61 Å². The molecular weight excluding hydrogens is 903 g/mol. The molecule has 0 aromatic carbocycles. The third kappa shape index (κ3) is 61.5. The van der Waals surface area contributed by atoms with Crippen molar-refractivity contribution in [3.63, 3.8) is 0 Å². The Morgan fingerprint density at radius 3 is 0.784 bits per heavy atom. The average molecular weight is 1040 g/mol. The molecule has 0 aromatic heterocycles. The first kappa shape index (κ1) is 72.6. The van der Waals surface area contributed by atoms with Crippen LogP contribution >= 0.6 is 0 Å². The highest BCUT2D eigenvalue weighted by atomic mass is 16.3. The third-order valence-corrected chi connectivity index (χ3v) is 16.1. The lowest BCUT2D eigenvalue weighted by Crippen LogP contribution is -2.45. The summed E-state index contributed by atoms with van der Waals surface area (Å²) < 4.78 is 0. The largest absolute Gasteiger partial charge is 0.394 e. The van der Waals surface area contributed by atoms with Crippen LogP contribution in [-0.2, 0) is 4.79 Å². The molecule has 438 valence electrons. The van der Waals surface area contributed by atoms with Gasteiger partial charge >= 0.3 is 0 Å². The summed E-state index contributed by atoms with van der Waals surface area (Å²) in [6, 6.07) is -0.645. The molecular formula is C70H135NO3. The van der Waals surface area contributed by atoms with E-state index in [1.54, 1.807) is 6.08 Å². The van der Waals surface area contributed by atoms with E-state index < -0.39 is 12.1 Å². The Morgan fingerprint density at radius 1 is 0.311 bits per heavy atom. The summed E-state index contributed by atoms with van der Waals surface area (Å²) in [4.78, 5) is 12.5. The number of rotatable bonds is 64. The standard InChI is InChI=1S/C70H135NO3/c1-3-5-7-9-11-13-15-17-19-21-23-25-27-29-31-33-35-36-37-39-41-43-45-47-49-51-53-55-57-59-61-63-65-69(73)68(67-72)71-70(74)66-64-62-60-58-56-54-52-50-48-46-44-42-40-38-34-32-30-28-26-24-22-20-18-16-14-12-10-8-6-4-2/h47,49,55,57,63,65,68-69,72-73H,3-46,48,50-54,56,58-62,64,66-67H2,1-2H3,(H,71,74)/b49-47+,57-55+,65-63+. The molecule has 0 radical (unpaired) electrons. The molecule has 74 heavy (non-hydrogen) atoms. The van der Waals surface area contributed by atoms with Crippen molar-refractivity contribution in [3.8, 4) is 0 Å². The topological polar surface area (TPSA) is 69.6 Å². The highest BCUT2D eigenvalue weighted by Crippen LogP contribution is 2.19. The maximum Gasteiger partial charge on any atom is 0.220 e. The minimum absolute atomic E-state index is 0.0697. The van der Waals surface area contributed by atoms with Crippen LogP contribution in [0, 0.1) is 0 Å². The second-order valence-electron chi connectivity index (χ2n) is 23.6. The van der Waals surface area contributed by atoms with E-state index in [2.05, 4.69) is 43.5 Å². The van der Waals surface area contributed by atoms with Crippen molar-refractivity contribution in [1.82, 2.24) is 5.32 Å². The van der Waals surface area contributed by atoms with E-state index >= 15 is 0 Å². The van der Waals surface area contributed by atoms with Crippen molar-refractivity contribution >= 4 is 5.91 Å². The van der Waals surface area contributed by atoms with Crippen LogP contribution in [0.15, 0.2) is 36.5 Å². The zero-order valence-electron chi connectivity index (χ0n) is 50.6. The van der Waals surface area contributed by atoms with Crippen LogP contribution in [-0.4, -0.2) is 34.9 Å². The van der Waals surface area contributed by atoms with E-state index in [0.717, 1.165) is 38.5 Å². The summed E-state index contributed by atoms with van der Waals surface area (Å²) in [5, 5.41) is 23.2. The van der Waals surface area contributed by atoms with E-state index in [0.29, 0.717) is 6.42 Å². The lowest BCUT2D eigenvalue weighted by Gasteiger charge is -2.19. The molecule has 0 rings (SSSR count). The Balaban J connectivity index is 3.47. The van der Waals surface area contributed by atoms with Gasteiger partial charge in [0, 0.05) is 6.42 Å². The number of hydrogen-bond acceptors (Lipinski definition) is 3. The molecule has 0 aliphatic heterocycles. The molecule has 0 aliphatic carbocycles. The molecule has 0 fully saturated rings. The van der Waals surface area contributed by atoms with Crippen molar-refractivity contribution in [2.45, 2.75) is 398 Å². The number of hydrogen-bond donors (Lipinski definition) is 3. The number of amides is 1. The van der Waals surface area contributed by atoms with Gasteiger partial charge < -0.3 is 15.5 Å². The van der Waals surface area contributed by atoms with Crippen molar-refractivity contribution < 1.29 is 15.0 Å². The Hall–Kier alpha value is -1.39. The summed E-state index contributed by atoms with van der Waals surface area (Å²) >= 11 is 0. The summed E-state index contributed by atoms with van der Waals surface area (Å²) in [5.74, 6) is -0.0697. The van der Waals surface area contributed by atoms with Gasteiger partial charge in [0.2, 0.25) is 5.91 Å². The molecule has 2 atom stereocenters. The minimum atomic E-state index is -0.870. The molecule has 0 aliphatic rings. The molecule has 1 amide bonds. The Bertz CT molecular complexity index is 1130. The van der Waals surface area contributed by atoms with Gasteiger partial charge in [-0.05, 0) is 44.9 Å². The molecule has 0 heterocycles. The van der Waals surface area contributed by atoms with Crippen LogP contribution < -0.4 is 5.32 Å². The van der Waals surface area contributed by atoms with E-state index in [9.17, 15) is 15.0 Å². The maximum absolute atomic E-state index is 12.5. The monoisotopic (exact) mass is 1040 g/mol. The molecule has 4 heteroatoms. The van der Waals surface area contributed by atoms with Gasteiger partial charge in [-0.2, -0.15) is 0 Å². The lowest BCUT2D eigenvalue weighted by molar-refractivity contribution is -0.123. The van der Waals surface area contributed by atoms with Crippen LogP contribution in [0.2, 0.25) is 0 Å². The lowest BCUT2D eigenvalue weighted by atomic mass is 10.0. The van der Waals surface area contributed by atoms with Crippen LogP contribution in [0.25, 0.3) is 0 Å². The Labute approximate surface area is 465 Å². The predicted octanol–water partition coefficient (Wildman–Crippen LogP) is 23.2. The van der Waals surface area contributed by atoms with E-state index in [-0.39, 0.29) is 12.5 Å². The van der Waals surface area contributed by atoms with Crippen LogP contribution in [0.1, 0.15) is 386 Å². The Morgan fingerprint density at radius 2 is 0.527 bits per heavy atom. The first-order valence-electron chi connectivity index (χ1n) is 34.2. The van der Waals surface area contributed by atoms with Crippen LogP contribution in [0.5, 0.6) is 0 Å². The summed E-state index contributed by atoms with van der Waals surface area (Å²) in [7, 11) is 0. The zero-order valence-corrected chi connectivity index (χ0v) is 50.6. The molecule has 0 bridgehead atoms.